The smallest absolute Gasteiger partial charge is 0.244 e. The van der Waals surface area contributed by atoms with Crippen molar-refractivity contribution in [2.75, 3.05) is 32.7 Å². The molecule has 1 heterocycles. The Morgan fingerprint density at radius 3 is 2.67 bits per heavy atom. The molecule has 2 fully saturated rings. The van der Waals surface area contributed by atoms with Crippen LogP contribution in [0, 0.1) is 5.92 Å². The summed E-state index contributed by atoms with van der Waals surface area (Å²) in [5, 5.41) is 6.63. The molecule has 24 heavy (non-hydrogen) atoms. The normalized spacial score (nSPS) is 23.2. The van der Waals surface area contributed by atoms with Gasteiger partial charge >= 0.3 is 0 Å². The highest BCUT2D eigenvalue weighted by atomic mass is 16.2. The van der Waals surface area contributed by atoms with E-state index in [-0.39, 0.29) is 12.5 Å². The Kier molecular flexibility index (Phi) is 5.72. The lowest BCUT2D eigenvalue weighted by molar-refractivity contribution is -0.128. The number of hydrogen-bond donors (Lipinski definition) is 2. The highest BCUT2D eigenvalue weighted by molar-refractivity contribution is 5.85. The molecule has 1 amide bonds. The van der Waals surface area contributed by atoms with Crippen LogP contribution >= 0.6 is 0 Å². The van der Waals surface area contributed by atoms with Crippen LogP contribution < -0.4 is 10.6 Å². The van der Waals surface area contributed by atoms with Crippen LogP contribution in [0.15, 0.2) is 35.3 Å². The third-order valence-corrected chi connectivity index (χ3v) is 4.86. The maximum atomic E-state index is 12.1. The van der Waals surface area contributed by atoms with Gasteiger partial charge in [0.15, 0.2) is 5.96 Å². The summed E-state index contributed by atoms with van der Waals surface area (Å²) in [6.07, 6.45) is 3.47. The van der Waals surface area contributed by atoms with Crippen molar-refractivity contribution in [1.29, 1.82) is 0 Å². The Labute approximate surface area is 144 Å². The molecule has 1 aliphatic carbocycles. The number of carbonyl (C=O) groups is 1. The second kappa shape index (κ2) is 8.18. The Hall–Kier alpha value is -2.04. The number of guanidine groups is 1. The summed E-state index contributed by atoms with van der Waals surface area (Å²) in [5.74, 6) is 2.21. The van der Waals surface area contributed by atoms with Gasteiger partial charge in [0, 0.05) is 26.2 Å². The van der Waals surface area contributed by atoms with Crippen molar-refractivity contribution in [2.45, 2.75) is 32.1 Å². The standard InChI is InChI=1S/C19H28N4O/c1-2-20-19(22-14-18(24)23-10-6-7-11-23)21-13-16-12-17(16)15-8-4-3-5-9-15/h3-5,8-9,16-17H,2,6-7,10-14H2,1H3,(H2,20,21,22). The van der Waals surface area contributed by atoms with Crippen molar-refractivity contribution in [3.8, 4) is 0 Å². The lowest BCUT2D eigenvalue weighted by Crippen LogP contribution is -2.39. The number of aliphatic imine (C=N–C) groups is 1. The summed E-state index contributed by atoms with van der Waals surface area (Å²) in [6.45, 7) is 5.77. The Morgan fingerprint density at radius 2 is 1.96 bits per heavy atom. The first-order chi connectivity index (χ1) is 11.8. The highest BCUT2D eigenvalue weighted by Crippen LogP contribution is 2.46. The van der Waals surface area contributed by atoms with Crippen LogP contribution in [0.2, 0.25) is 0 Å². The molecule has 5 heteroatoms. The van der Waals surface area contributed by atoms with Gasteiger partial charge in [0.1, 0.15) is 6.54 Å². The van der Waals surface area contributed by atoms with E-state index in [1.165, 1.54) is 12.0 Å². The molecule has 0 spiro atoms. The molecule has 1 aromatic carbocycles. The molecule has 1 aliphatic heterocycles. The van der Waals surface area contributed by atoms with E-state index in [2.05, 4.69) is 46.0 Å². The van der Waals surface area contributed by atoms with Crippen LogP contribution in [0.4, 0.5) is 0 Å². The predicted octanol–water partition coefficient (Wildman–Crippen LogP) is 1.97. The summed E-state index contributed by atoms with van der Waals surface area (Å²) in [5.41, 5.74) is 1.43. The van der Waals surface area contributed by atoms with E-state index in [9.17, 15) is 4.79 Å². The zero-order valence-electron chi connectivity index (χ0n) is 14.5. The monoisotopic (exact) mass is 328 g/mol. The van der Waals surface area contributed by atoms with Gasteiger partial charge in [0.25, 0.3) is 0 Å². The van der Waals surface area contributed by atoms with Crippen molar-refractivity contribution in [3.63, 3.8) is 0 Å². The predicted molar refractivity (Wildman–Crippen MR) is 97.1 cm³/mol. The van der Waals surface area contributed by atoms with Crippen LogP contribution in [0.3, 0.4) is 0 Å². The number of rotatable bonds is 6. The van der Waals surface area contributed by atoms with E-state index in [4.69, 9.17) is 0 Å². The molecule has 0 radical (unpaired) electrons. The molecule has 1 saturated heterocycles. The fourth-order valence-electron chi connectivity index (χ4n) is 3.36. The Balaban J connectivity index is 1.46. The van der Waals surface area contributed by atoms with Crippen LogP contribution in [0.5, 0.6) is 0 Å². The van der Waals surface area contributed by atoms with Crippen molar-refractivity contribution < 1.29 is 4.79 Å². The summed E-state index contributed by atoms with van der Waals surface area (Å²) in [4.78, 5) is 18.5. The van der Waals surface area contributed by atoms with Gasteiger partial charge in [0.2, 0.25) is 5.91 Å². The van der Waals surface area contributed by atoms with E-state index < -0.39 is 0 Å². The number of nitrogens with one attached hydrogen (secondary N) is 2. The molecule has 2 N–H and O–H groups in total. The number of nitrogens with zero attached hydrogens (tertiary/aromatic N) is 2. The first kappa shape index (κ1) is 16.8. The summed E-state index contributed by atoms with van der Waals surface area (Å²) in [6, 6.07) is 10.7. The van der Waals surface area contributed by atoms with E-state index in [0.29, 0.717) is 11.8 Å². The minimum absolute atomic E-state index is 0.137. The summed E-state index contributed by atoms with van der Waals surface area (Å²) < 4.78 is 0. The molecular weight excluding hydrogens is 300 g/mol. The van der Waals surface area contributed by atoms with Gasteiger partial charge in [-0.1, -0.05) is 30.3 Å². The van der Waals surface area contributed by atoms with Crippen LogP contribution in [0.25, 0.3) is 0 Å². The van der Waals surface area contributed by atoms with Crippen LogP contribution in [-0.2, 0) is 4.79 Å². The lowest BCUT2D eigenvalue weighted by Gasteiger charge is -2.15. The van der Waals surface area contributed by atoms with Gasteiger partial charge in [-0.25, -0.2) is 4.99 Å². The molecule has 2 aliphatic rings. The highest BCUT2D eigenvalue weighted by Gasteiger charge is 2.37. The average molecular weight is 328 g/mol. The van der Waals surface area contributed by atoms with E-state index in [1.54, 1.807) is 0 Å². The second-order valence-corrected chi connectivity index (χ2v) is 6.68. The third-order valence-electron chi connectivity index (χ3n) is 4.86. The van der Waals surface area contributed by atoms with Crippen molar-refractivity contribution in [3.05, 3.63) is 35.9 Å². The minimum atomic E-state index is 0.137. The van der Waals surface area contributed by atoms with Gasteiger partial charge in [-0.2, -0.15) is 0 Å². The molecule has 130 valence electrons. The molecule has 0 bridgehead atoms. The summed E-state index contributed by atoms with van der Waals surface area (Å²) in [7, 11) is 0. The number of carbonyl (C=O) groups excluding carboxylic acids is 1. The molecule has 1 aromatic rings. The number of benzene rings is 1. The largest absolute Gasteiger partial charge is 0.357 e. The number of amides is 1. The van der Waals surface area contributed by atoms with E-state index in [0.717, 1.165) is 45.0 Å². The molecule has 2 atom stereocenters. The topological polar surface area (TPSA) is 56.7 Å². The van der Waals surface area contributed by atoms with Gasteiger partial charge < -0.3 is 15.5 Å². The molecule has 5 nitrogen and oxygen atoms in total. The Bertz CT molecular complexity index is 566. The molecule has 3 rings (SSSR count). The van der Waals surface area contributed by atoms with Crippen molar-refractivity contribution in [1.82, 2.24) is 15.5 Å². The third kappa shape index (κ3) is 4.49. The first-order valence-corrected chi connectivity index (χ1v) is 9.13. The molecular formula is C19H28N4O. The summed E-state index contributed by atoms with van der Waals surface area (Å²) >= 11 is 0. The van der Waals surface area contributed by atoms with Gasteiger partial charge in [0.05, 0.1) is 0 Å². The van der Waals surface area contributed by atoms with Gasteiger partial charge in [-0.3, -0.25) is 4.79 Å². The lowest BCUT2D eigenvalue weighted by atomic mass is 10.1. The first-order valence-electron chi connectivity index (χ1n) is 9.13. The molecule has 1 saturated carbocycles. The zero-order valence-corrected chi connectivity index (χ0v) is 14.5. The molecule has 0 aromatic heterocycles. The minimum Gasteiger partial charge on any atom is -0.357 e. The van der Waals surface area contributed by atoms with Gasteiger partial charge in [-0.05, 0) is 43.6 Å². The quantitative estimate of drug-likeness (QED) is 0.620. The fraction of sp³-hybridized carbons (Fsp3) is 0.579. The van der Waals surface area contributed by atoms with Gasteiger partial charge in [-0.15, -0.1) is 0 Å². The maximum absolute atomic E-state index is 12.1. The van der Waals surface area contributed by atoms with Crippen LogP contribution in [0.1, 0.15) is 37.7 Å². The van der Waals surface area contributed by atoms with Crippen molar-refractivity contribution >= 4 is 11.9 Å². The SMILES string of the molecule is CCNC(=NCC(=O)N1CCCC1)NCC1CC1c1ccccc1. The van der Waals surface area contributed by atoms with Crippen molar-refractivity contribution in [2.24, 2.45) is 10.9 Å². The average Bonchev–Trinajstić information content (AvgIpc) is 3.18. The van der Waals surface area contributed by atoms with Crippen LogP contribution in [-0.4, -0.2) is 49.5 Å². The van der Waals surface area contributed by atoms with E-state index >= 15 is 0 Å². The maximum Gasteiger partial charge on any atom is 0.244 e. The van der Waals surface area contributed by atoms with E-state index in [1.807, 2.05) is 11.8 Å². The zero-order chi connectivity index (χ0) is 16.8. The number of hydrogen-bond acceptors (Lipinski definition) is 2. The fourth-order valence-corrected chi connectivity index (χ4v) is 3.36. The Morgan fingerprint density at radius 1 is 1.21 bits per heavy atom. The second-order valence-electron chi connectivity index (χ2n) is 6.68. The number of likely N-dealkylation sites (tertiary alicyclic amines) is 1. The molecule has 2 unspecified atom stereocenters.